The van der Waals surface area contributed by atoms with Crippen LogP contribution in [0.15, 0.2) is 54.6 Å². The highest BCUT2D eigenvalue weighted by Gasteiger charge is 2.17. The highest BCUT2D eigenvalue weighted by molar-refractivity contribution is 5.95. The average Bonchev–Trinajstić information content (AvgIpc) is 2.97. The number of fused-ring (bicyclic) bond motifs is 2. The smallest absolute Gasteiger partial charge is 0.340 e. The van der Waals surface area contributed by atoms with Crippen LogP contribution in [0.3, 0.4) is 0 Å². The zero-order chi connectivity index (χ0) is 18.1. The lowest BCUT2D eigenvalue weighted by Gasteiger charge is -2.12. The van der Waals surface area contributed by atoms with Crippen molar-refractivity contribution in [3.63, 3.8) is 0 Å². The molecule has 5 nitrogen and oxygen atoms in total. The Balaban J connectivity index is 1.87. The number of carbonyl (C=O) groups excluding carboxylic acids is 1. The third-order valence-corrected chi connectivity index (χ3v) is 4.45. The molecule has 5 heteroatoms. The molecule has 0 saturated heterocycles. The minimum atomic E-state index is -0.345. The van der Waals surface area contributed by atoms with E-state index in [0.29, 0.717) is 24.4 Å². The molecule has 0 spiro atoms. The van der Waals surface area contributed by atoms with Gasteiger partial charge < -0.3 is 9.30 Å². The molecular formula is C21H19N3O2. The van der Waals surface area contributed by atoms with Crippen LogP contribution in [-0.2, 0) is 11.3 Å². The van der Waals surface area contributed by atoms with Crippen molar-refractivity contribution in [1.82, 2.24) is 14.5 Å². The van der Waals surface area contributed by atoms with E-state index in [0.717, 1.165) is 27.8 Å². The highest BCUT2D eigenvalue weighted by Crippen LogP contribution is 2.22. The first-order chi connectivity index (χ1) is 12.7. The van der Waals surface area contributed by atoms with Gasteiger partial charge in [0.2, 0.25) is 0 Å². The lowest BCUT2D eigenvalue weighted by molar-refractivity contribution is 0.0524. The molecular weight excluding hydrogens is 326 g/mol. The fraction of sp³-hybridized carbons (Fsp3) is 0.190. The Morgan fingerprint density at radius 1 is 1.04 bits per heavy atom. The number of nitrogens with zero attached hydrogens (tertiary/aromatic N) is 3. The van der Waals surface area contributed by atoms with E-state index in [9.17, 15) is 4.79 Å². The van der Waals surface area contributed by atoms with Gasteiger partial charge in [-0.2, -0.15) is 0 Å². The molecule has 0 atom stereocenters. The first-order valence-electron chi connectivity index (χ1n) is 8.65. The van der Waals surface area contributed by atoms with Gasteiger partial charge in [-0.25, -0.2) is 9.78 Å². The standard InChI is InChI=1S/C21H19N3O2/c1-3-26-21(25)16-12-15-8-4-5-9-17(15)23-19(16)13-24-14(2)22-18-10-6-7-11-20(18)24/h4-12H,3,13H2,1-2H3. The van der Waals surface area contributed by atoms with Crippen molar-refractivity contribution in [3.05, 3.63) is 71.7 Å². The van der Waals surface area contributed by atoms with Gasteiger partial charge in [0, 0.05) is 5.39 Å². The molecule has 2 aromatic heterocycles. The maximum atomic E-state index is 12.5. The first kappa shape index (κ1) is 16.3. The molecule has 0 unspecified atom stereocenters. The van der Waals surface area contributed by atoms with Crippen LogP contribution in [0, 0.1) is 6.92 Å². The normalized spacial score (nSPS) is 11.2. The molecule has 26 heavy (non-hydrogen) atoms. The molecule has 0 N–H and O–H groups in total. The Kier molecular flexibility index (Phi) is 4.13. The van der Waals surface area contributed by atoms with Crippen LogP contribution in [0.5, 0.6) is 0 Å². The Bertz CT molecular complexity index is 1110. The summed E-state index contributed by atoms with van der Waals surface area (Å²) in [4.78, 5) is 21.9. The number of pyridine rings is 1. The van der Waals surface area contributed by atoms with Crippen LogP contribution in [0.25, 0.3) is 21.9 Å². The van der Waals surface area contributed by atoms with E-state index in [-0.39, 0.29) is 5.97 Å². The lowest BCUT2D eigenvalue weighted by Crippen LogP contribution is -2.13. The topological polar surface area (TPSA) is 57.0 Å². The van der Waals surface area contributed by atoms with Gasteiger partial charge in [-0.05, 0) is 38.1 Å². The van der Waals surface area contributed by atoms with E-state index in [2.05, 4.69) is 9.55 Å². The SMILES string of the molecule is CCOC(=O)c1cc2ccccc2nc1Cn1c(C)nc2ccccc21. The van der Waals surface area contributed by atoms with Crippen molar-refractivity contribution in [2.24, 2.45) is 0 Å². The molecule has 2 heterocycles. The van der Waals surface area contributed by atoms with Gasteiger partial charge in [0.05, 0.1) is 41.0 Å². The van der Waals surface area contributed by atoms with Gasteiger partial charge >= 0.3 is 5.97 Å². The largest absolute Gasteiger partial charge is 0.462 e. The highest BCUT2D eigenvalue weighted by atomic mass is 16.5. The summed E-state index contributed by atoms with van der Waals surface area (Å²) >= 11 is 0. The van der Waals surface area contributed by atoms with E-state index in [4.69, 9.17) is 9.72 Å². The van der Waals surface area contributed by atoms with Gasteiger partial charge in [0.15, 0.2) is 0 Å². The fourth-order valence-corrected chi connectivity index (χ4v) is 3.21. The monoisotopic (exact) mass is 345 g/mol. The Morgan fingerprint density at radius 3 is 2.58 bits per heavy atom. The summed E-state index contributed by atoms with van der Waals surface area (Å²) in [5.41, 5.74) is 4.01. The Morgan fingerprint density at radius 2 is 1.77 bits per heavy atom. The van der Waals surface area contributed by atoms with Crippen molar-refractivity contribution in [2.75, 3.05) is 6.61 Å². The number of carbonyl (C=O) groups is 1. The molecule has 0 amide bonds. The Hall–Kier alpha value is -3.21. The van der Waals surface area contributed by atoms with Crippen molar-refractivity contribution < 1.29 is 9.53 Å². The second kappa shape index (κ2) is 6.59. The maximum Gasteiger partial charge on any atom is 0.340 e. The molecule has 0 aliphatic heterocycles. The molecule has 0 saturated carbocycles. The van der Waals surface area contributed by atoms with Crippen molar-refractivity contribution >= 4 is 27.9 Å². The second-order valence-electron chi connectivity index (χ2n) is 6.13. The molecule has 4 aromatic rings. The number of hydrogen-bond donors (Lipinski definition) is 0. The van der Waals surface area contributed by atoms with Crippen LogP contribution >= 0.6 is 0 Å². The van der Waals surface area contributed by atoms with E-state index in [1.165, 1.54) is 0 Å². The molecule has 0 radical (unpaired) electrons. The van der Waals surface area contributed by atoms with Gasteiger partial charge in [0.25, 0.3) is 0 Å². The predicted molar refractivity (Wildman–Crippen MR) is 101 cm³/mol. The number of rotatable bonds is 4. The number of para-hydroxylation sites is 3. The molecule has 130 valence electrons. The number of esters is 1. The predicted octanol–water partition coefficient (Wildman–Crippen LogP) is 4.12. The summed E-state index contributed by atoms with van der Waals surface area (Å²) in [5, 5.41) is 0.923. The first-order valence-corrected chi connectivity index (χ1v) is 8.65. The molecule has 0 aliphatic carbocycles. The number of aryl methyl sites for hydroxylation is 1. The zero-order valence-corrected chi connectivity index (χ0v) is 14.8. The number of aromatic nitrogens is 3. The van der Waals surface area contributed by atoms with Crippen molar-refractivity contribution in [2.45, 2.75) is 20.4 Å². The van der Waals surface area contributed by atoms with E-state index in [1.54, 1.807) is 6.92 Å². The zero-order valence-electron chi connectivity index (χ0n) is 14.8. The number of imidazole rings is 1. The lowest BCUT2D eigenvalue weighted by atomic mass is 10.1. The third-order valence-electron chi connectivity index (χ3n) is 4.45. The summed E-state index contributed by atoms with van der Waals surface area (Å²) < 4.78 is 7.33. The van der Waals surface area contributed by atoms with Crippen LogP contribution < -0.4 is 0 Å². The maximum absolute atomic E-state index is 12.5. The van der Waals surface area contributed by atoms with E-state index >= 15 is 0 Å². The summed E-state index contributed by atoms with van der Waals surface area (Å²) in [6.45, 7) is 4.56. The van der Waals surface area contributed by atoms with E-state index in [1.807, 2.05) is 61.5 Å². The molecule has 2 aromatic carbocycles. The summed E-state index contributed by atoms with van der Waals surface area (Å²) in [6.07, 6.45) is 0. The van der Waals surface area contributed by atoms with E-state index < -0.39 is 0 Å². The summed E-state index contributed by atoms with van der Waals surface area (Å²) in [7, 11) is 0. The number of benzene rings is 2. The number of hydrogen-bond acceptors (Lipinski definition) is 4. The van der Waals surface area contributed by atoms with Crippen molar-refractivity contribution in [3.8, 4) is 0 Å². The quantitative estimate of drug-likeness (QED) is 0.522. The van der Waals surface area contributed by atoms with Gasteiger partial charge in [-0.1, -0.05) is 30.3 Å². The molecule has 0 bridgehead atoms. The molecule has 4 rings (SSSR count). The summed E-state index contributed by atoms with van der Waals surface area (Å²) in [5.74, 6) is 0.541. The Labute approximate surface area is 151 Å². The van der Waals surface area contributed by atoms with Gasteiger partial charge in [0.1, 0.15) is 5.82 Å². The van der Waals surface area contributed by atoms with Gasteiger partial charge in [-0.3, -0.25) is 4.98 Å². The second-order valence-corrected chi connectivity index (χ2v) is 6.13. The van der Waals surface area contributed by atoms with Crippen LogP contribution in [0.1, 0.15) is 28.8 Å². The average molecular weight is 345 g/mol. The van der Waals surface area contributed by atoms with Crippen molar-refractivity contribution in [1.29, 1.82) is 0 Å². The minimum Gasteiger partial charge on any atom is -0.462 e. The minimum absolute atomic E-state index is 0.331. The molecule has 0 fully saturated rings. The van der Waals surface area contributed by atoms with Crippen LogP contribution in [0.2, 0.25) is 0 Å². The van der Waals surface area contributed by atoms with Crippen LogP contribution in [0.4, 0.5) is 0 Å². The third kappa shape index (κ3) is 2.81. The van der Waals surface area contributed by atoms with Crippen LogP contribution in [-0.4, -0.2) is 27.1 Å². The van der Waals surface area contributed by atoms with Gasteiger partial charge in [-0.15, -0.1) is 0 Å². The summed E-state index contributed by atoms with van der Waals surface area (Å²) in [6, 6.07) is 17.6. The molecule has 0 aliphatic rings. The number of ether oxygens (including phenoxy) is 1. The fourth-order valence-electron chi connectivity index (χ4n) is 3.21.